The quantitative estimate of drug-likeness (QED) is 0.557. The molecule has 1 amide bonds. The Morgan fingerprint density at radius 1 is 1.07 bits per heavy atom. The van der Waals surface area contributed by atoms with E-state index in [1.165, 1.54) is 16.9 Å². The van der Waals surface area contributed by atoms with E-state index < -0.39 is 0 Å². The van der Waals surface area contributed by atoms with Crippen molar-refractivity contribution in [2.24, 2.45) is 0 Å². The van der Waals surface area contributed by atoms with E-state index in [9.17, 15) is 4.79 Å². The molecule has 0 atom stereocenters. The molecular weight excluding hydrogens is 384 g/mol. The number of rotatable bonds is 7. The molecule has 0 bridgehead atoms. The number of carbonyl (C=O) groups excluding carboxylic acids is 1. The minimum absolute atomic E-state index is 0.0701. The van der Waals surface area contributed by atoms with Crippen LogP contribution in [0.1, 0.15) is 33.3 Å². The molecule has 0 aliphatic rings. The Balaban J connectivity index is 1.58. The minimum atomic E-state index is -0.246. The smallest absolute Gasteiger partial charge is 0.264 e. The molecule has 0 unspecified atom stereocenters. The first kappa shape index (κ1) is 20.9. The zero-order valence-electron chi connectivity index (χ0n) is 17.2. The summed E-state index contributed by atoms with van der Waals surface area (Å²) in [4.78, 5) is 16.7. The van der Waals surface area contributed by atoms with E-state index in [0.29, 0.717) is 17.5 Å². The lowest BCUT2D eigenvalue weighted by atomic mass is 9.87. The fourth-order valence-corrected chi connectivity index (χ4v) is 3.50. The third kappa shape index (κ3) is 5.57. The summed E-state index contributed by atoms with van der Waals surface area (Å²) in [7, 11) is 0. The molecule has 3 aromatic rings. The fraction of sp³-hybridized carbons (Fsp3) is 0.304. The maximum Gasteiger partial charge on any atom is 0.264 e. The monoisotopic (exact) mass is 410 g/mol. The van der Waals surface area contributed by atoms with Gasteiger partial charge in [0, 0.05) is 10.9 Å². The predicted molar refractivity (Wildman–Crippen MR) is 118 cm³/mol. The summed E-state index contributed by atoms with van der Waals surface area (Å²) < 4.78 is 11.3. The molecule has 1 aromatic heterocycles. The van der Waals surface area contributed by atoms with Gasteiger partial charge in [-0.1, -0.05) is 45.0 Å². The highest BCUT2D eigenvalue weighted by atomic mass is 32.1. The van der Waals surface area contributed by atoms with E-state index >= 15 is 0 Å². The number of carbonyl (C=O) groups is 1. The van der Waals surface area contributed by atoms with Gasteiger partial charge in [-0.25, -0.2) is 4.98 Å². The Morgan fingerprint density at radius 2 is 1.79 bits per heavy atom. The van der Waals surface area contributed by atoms with Crippen LogP contribution >= 0.6 is 11.3 Å². The van der Waals surface area contributed by atoms with Crippen LogP contribution in [0.3, 0.4) is 0 Å². The molecule has 5 nitrogen and oxygen atoms in total. The zero-order valence-corrected chi connectivity index (χ0v) is 18.0. The van der Waals surface area contributed by atoms with E-state index in [1.807, 2.05) is 60.8 Å². The Labute approximate surface area is 175 Å². The molecule has 0 saturated heterocycles. The van der Waals surface area contributed by atoms with Crippen LogP contribution < -0.4 is 14.8 Å². The van der Waals surface area contributed by atoms with Crippen LogP contribution in [0, 0.1) is 0 Å². The molecule has 0 saturated carbocycles. The number of hydrogen-bond donors (Lipinski definition) is 1. The average molecular weight is 411 g/mol. The van der Waals surface area contributed by atoms with E-state index in [4.69, 9.17) is 9.47 Å². The third-order valence-corrected chi connectivity index (χ3v) is 5.06. The van der Waals surface area contributed by atoms with Crippen LogP contribution in [-0.4, -0.2) is 24.1 Å². The minimum Gasteiger partial charge on any atom is -0.493 e. The first-order valence-corrected chi connectivity index (χ1v) is 10.5. The number of nitrogens with zero attached hydrogens (tertiary/aromatic N) is 1. The van der Waals surface area contributed by atoms with Crippen LogP contribution in [0.2, 0.25) is 0 Å². The number of aromatic nitrogens is 1. The van der Waals surface area contributed by atoms with Gasteiger partial charge in [0.05, 0.1) is 12.3 Å². The first-order chi connectivity index (χ1) is 13.9. The van der Waals surface area contributed by atoms with E-state index in [-0.39, 0.29) is 17.9 Å². The van der Waals surface area contributed by atoms with Crippen molar-refractivity contribution in [3.05, 3.63) is 59.5 Å². The Morgan fingerprint density at radius 3 is 2.48 bits per heavy atom. The van der Waals surface area contributed by atoms with Crippen LogP contribution in [0.4, 0.5) is 5.13 Å². The Bertz CT molecular complexity index is 959. The van der Waals surface area contributed by atoms with Gasteiger partial charge in [-0.05, 0) is 42.2 Å². The largest absolute Gasteiger partial charge is 0.493 e. The number of nitrogens with one attached hydrogen (secondary N) is 1. The van der Waals surface area contributed by atoms with Crippen molar-refractivity contribution >= 4 is 22.4 Å². The lowest BCUT2D eigenvalue weighted by Crippen LogP contribution is -2.20. The Hall–Kier alpha value is -2.86. The zero-order chi connectivity index (χ0) is 20.9. The first-order valence-electron chi connectivity index (χ1n) is 9.57. The highest BCUT2D eigenvalue weighted by molar-refractivity contribution is 7.14. The van der Waals surface area contributed by atoms with Crippen molar-refractivity contribution in [2.45, 2.75) is 33.1 Å². The van der Waals surface area contributed by atoms with Gasteiger partial charge in [0.2, 0.25) is 0 Å². The molecule has 0 spiro atoms. The molecule has 1 N–H and O–H groups in total. The second-order valence-corrected chi connectivity index (χ2v) is 8.44. The average Bonchev–Trinajstić information content (AvgIpc) is 3.15. The molecule has 0 fully saturated rings. The summed E-state index contributed by atoms with van der Waals surface area (Å²) in [6.45, 7) is 8.93. The van der Waals surface area contributed by atoms with Crippen molar-refractivity contribution in [1.29, 1.82) is 0 Å². The van der Waals surface area contributed by atoms with Gasteiger partial charge in [0.25, 0.3) is 5.91 Å². The van der Waals surface area contributed by atoms with Gasteiger partial charge in [-0.15, -0.1) is 11.3 Å². The number of para-hydroxylation sites is 1. The molecule has 1 heterocycles. The molecule has 29 heavy (non-hydrogen) atoms. The summed E-state index contributed by atoms with van der Waals surface area (Å²) in [5.41, 5.74) is 2.98. The Kier molecular flexibility index (Phi) is 6.54. The van der Waals surface area contributed by atoms with Crippen LogP contribution in [0.25, 0.3) is 11.3 Å². The second-order valence-electron chi connectivity index (χ2n) is 7.58. The lowest BCUT2D eigenvalue weighted by Gasteiger charge is -2.19. The number of anilines is 1. The molecule has 0 radical (unpaired) electrons. The normalized spacial score (nSPS) is 11.2. The standard InChI is InChI=1S/C23H26N2O3S/c1-5-27-20-9-7-6-8-18(20)19-15-29-22(24-19)25-21(26)14-28-17-12-10-16(11-13-17)23(2,3)4/h6-13,15H,5,14H2,1-4H3,(H,24,25,26). The van der Waals surface area contributed by atoms with E-state index in [1.54, 1.807) is 0 Å². The van der Waals surface area contributed by atoms with E-state index in [0.717, 1.165) is 17.0 Å². The van der Waals surface area contributed by atoms with Crippen molar-refractivity contribution in [1.82, 2.24) is 4.98 Å². The SMILES string of the molecule is CCOc1ccccc1-c1csc(NC(=O)COc2ccc(C(C)(C)C)cc2)n1. The van der Waals surface area contributed by atoms with Crippen molar-refractivity contribution < 1.29 is 14.3 Å². The van der Waals surface area contributed by atoms with Gasteiger partial charge in [0.1, 0.15) is 11.5 Å². The molecule has 2 aromatic carbocycles. The summed E-state index contributed by atoms with van der Waals surface area (Å²) in [5, 5.41) is 5.22. The van der Waals surface area contributed by atoms with Gasteiger partial charge < -0.3 is 9.47 Å². The number of thiazole rings is 1. The van der Waals surface area contributed by atoms with E-state index in [2.05, 4.69) is 31.1 Å². The maximum absolute atomic E-state index is 12.2. The number of hydrogen-bond acceptors (Lipinski definition) is 5. The maximum atomic E-state index is 12.2. The van der Waals surface area contributed by atoms with Crippen molar-refractivity contribution in [3.8, 4) is 22.8 Å². The molecule has 0 aliphatic carbocycles. The van der Waals surface area contributed by atoms with Crippen LogP contribution in [0.5, 0.6) is 11.5 Å². The second kappa shape index (κ2) is 9.09. The van der Waals surface area contributed by atoms with Gasteiger partial charge in [-0.3, -0.25) is 10.1 Å². The predicted octanol–water partition coefficient (Wildman–Crippen LogP) is 5.52. The molecule has 6 heteroatoms. The third-order valence-electron chi connectivity index (χ3n) is 4.30. The summed E-state index contributed by atoms with van der Waals surface area (Å²) in [5.74, 6) is 1.20. The summed E-state index contributed by atoms with van der Waals surface area (Å²) in [6.07, 6.45) is 0. The highest BCUT2D eigenvalue weighted by Gasteiger charge is 2.14. The molecular formula is C23H26N2O3S. The van der Waals surface area contributed by atoms with Gasteiger partial charge >= 0.3 is 0 Å². The van der Waals surface area contributed by atoms with Crippen LogP contribution in [0.15, 0.2) is 53.9 Å². The lowest BCUT2D eigenvalue weighted by molar-refractivity contribution is -0.118. The highest BCUT2D eigenvalue weighted by Crippen LogP contribution is 2.32. The fourth-order valence-electron chi connectivity index (χ4n) is 2.77. The summed E-state index contributed by atoms with van der Waals surface area (Å²) in [6, 6.07) is 15.6. The van der Waals surface area contributed by atoms with Crippen molar-refractivity contribution in [3.63, 3.8) is 0 Å². The molecule has 3 rings (SSSR count). The topological polar surface area (TPSA) is 60.5 Å². The van der Waals surface area contributed by atoms with Crippen molar-refractivity contribution in [2.75, 3.05) is 18.5 Å². The van der Waals surface area contributed by atoms with Gasteiger partial charge in [-0.2, -0.15) is 0 Å². The van der Waals surface area contributed by atoms with Crippen LogP contribution in [-0.2, 0) is 10.2 Å². The number of ether oxygens (including phenoxy) is 2. The number of amides is 1. The summed E-state index contributed by atoms with van der Waals surface area (Å²) >= 11 is 1.37. The van der Waals surface area contributed by atoms with Gasteiger partial charge in [0.15, 0.2) is 11.7 Å². The molecule has 0 aliphatic heterocycles. The number of benzene rings is 2. The molecule has 152 valence electrons.